The number of esters is 1. The summed E-state index contributed by atoms with van der Waals surface area (Å²) in [7, 11) is 0. The molecule has 158 valence electrons. The van der Waals surface area contributed by atoms with Gasteiger partial charge in [0.1, 0.15) is 0 Å². The van der Waals surface area contributed by atoms with Gasteiger partial charge in [-0.3, -0.25) is 14.4 Å². The number of carbonyl (C=O) groups excluding carboxylic acids is 3. The van der Waals surface area contributed by atoms with Gasteiger partial charge >= 0.3 is 5.97 Å². The number of benzene rings is 2. The van der Waals surface area contributed by atoms with Crippen LogP contribution in [0.1, 0.15) is 45.1 Å². The molecule has 0 bridgehead atoms. The summed E-state index contributed by atoms with van der Waals surface area (Å²) >= 11 is 0. The van der Waals surface area contributed by atoms with E-state index in [9.17, 15) is 14.4 Å². The fourth-order valence-corrected chi connectivity index (χ4v) is 3.85. The van der Waals surface area contributed by atoms with E-state index in [1.807, 2.05) is 57.2 Å². The first-order valence-corrected chi connectivity index (χ1v) is 10.3. The predicted octanol–water partition coefficient (Wildman–Crippen LogP) is 4.12. The molecule has 1 heterocycles. The third-order valence-corrected chi connectivity index (χ3v) is 5.59. The van der Waals surface area contributed by atoms with Gasteiger partial charge < -0.3 is 15.0 Å². The minimum atomic E-state index is -0.430. The Morgan fingerprint density at radius 1 is 1.13 bits per heavy atom. The summed E-state index contributed by atoms with van der Waals surface area (Å²) in [6, 6.07) is 16.3. The van der Waals surface area contributed by atoms with Crippen LogP contribution in [0, 0.1) is 5.92 Å². The molecule has 0 spiro atoms. The number of amides is 2. The number of carbonyl (C=O) groups is 3. The number of anilines is 2. The van der Waals surface area contributed by atoms with Crippen molar-refractivity contribution in [1.29, 1.82) is 0 Å². The summed E-state index contributed by atoms with van der Waals surface area (Å²) in [5, 5.41) is 2.82. The van der Waals surface area contributed by atoms with Gasteiger partial charge in [-0.05, 0) is 30.5 Å². The number of nitrogens with zero attached hydrogens (tertiary/aromatic N) is 1. The van der Waals surface area contributed by atoms with Crippen molar-refractivity contribution in [3.8, 4) is 0 Å². The minimum absolute atomic E-state index is 0.0784. The zero-order valence-electron chi connectivity index (χ0n) is 17.6. The smallest absolute Gasteiger partial charge is 0.314 e. The van der Waals surface area contributed by atoms with Crippen molar-refractivity contribution in [2.24, 2.45) is 5.92 Å². The zero-order chi connectivity index (χ0) is 21.7. The normalized spacial score (nSPS) is 17.9. The topological polar surface area (TPSA) is 75.7 Å². The highest BCUT2D eigenvalue weighted by Gasteiger charge is 2.32. The molecule has 0 radical (unpaired) electrons. The molecule has 0 saturated heterocycles. The van der Waals surface area contributed by atoms with Crippen LogP contribution in [-0.2, 0) is 19.1 Å². The third-order valence-electron chi connectivity index (χ3n) is 5.59. The molecule has 3 atom stereocenters. The molecule has 2 aromatic carbocycles. The van der Waals surface area contributed by atoms with Crippen LogP contribution in [0.15, 0.2) is 54.6 Å². The number of hydrogen-bond acceptors (Lipinski definition) is 4. The van der Waals surface area contributed by atoms with Crippen LogP contribution in [0.2, 0.25) is 0 Å². The first-order chi connectivity index (χ1) is 14.4. The van der Waals surface area contributed by atoms with Crippen LogP contribution in [0.25, 0.3) is 0 Å². The number of hydrogen-bond donors (Lipinski definition) is 1. The zero-order valence-corrected chi connectivity index (χ0v) is 17.6. The summed E-state index contributed by atoms with van der Waals surface area (Å²) in [5.74, 6) is -1.26. The van der Waals surface area contributed by atoms with Gasteiger partial charge in [0.05, 0.1) is 17.3 Å². The maximum atomic E-state index is 13.0. The molecule has 2 amide bonds. The number of ether oxygens (including phenoxy) is 1. The standard InChI is InChI=1S/C24H28N2O4/c1-4-16(2)23(18-10-6-5-7-11-18)24(29)30-15-22(28)26-17(3)14-21(27)25-19-12-8-9-13-20(19)26/h5-13,16-17,23H,4,14-15H2,1-3H3,(H,25,27)/t16-,17+,23-/m1/s1. The maximum Gasteiger partial charge on any atom is 0.314 e. The number of rotatable bonds is 6. The Labute approximate surface area is 177 Å². The van der Waals surface area contributed by atoms with E-state index < -0.39 is 11.9 Å². The fraction of sp³-hybridized carbons (Fsp3) is 0.375. The molecule has 6 heteroatoms. The molecule has 0 saturated carbocycles. The van der Waals surface area contributed by atoms with Crippen LogP contribution in [0.5, 0.6) is 0 Å². The molecule has 0 fully saturated rings. The molecule has 0 unspecified atom stereocenters. The maximum absolute atomic E-state index is 13.0. The van der Waals surface area contributed by atoms with E-state index in [0.717, 1.165) is 12.0 Å². The quantitative estimate of drug-likeness (QED) is 0.730. The van der Waals surface area contributed by atoms with E-state index >= 15 is 0 Å². The van der Waals surface area contributed by atoms with Gasteiger partial charge in [-0.1, -0.05) is 62.7 Å². The highest BCUT2D eigenvalue weighted by molar-refractivity contribution is 6.05. The fourth-order valence-electron chi connectivity index (χ4n) is 3.85. The molecule has 0 aromatic heterocycles. The molecule has 1 N–H and O–H groups in total. The highest BCUT2D eigenvalue weighted by atomic mass is 16.5. The first kappa shape index (κ1) is 21.6. The lowest BCUT2D eigenvalue weighted by atomic mass is 9.86. The highest BCUT2D eigenvalue weighted by Crippen LogP contribution is 2.32. The van der Waals surface area contributed by atoms with Crippen molar-refractivity contribution in [2.45, 2.75) is 45.6 Å². The summed E-state index contributed by atoms with van der Waals surface area (Å²) in [4.78, 5) is 39.6. The van der Waals surface area contributed by atoms with Gasteiger partial charge in [0, 0.05) is 12.5 Å². The summed E-state index contributed by atoms with van der Waals surface area (Å²) in [5.41, 5.74) is 2.07. The Bertz CT molecular complexity index is 912. The van der Waals surface area contributed by atoms with E-state index in [1.54, 1.807) is 23.1 Å². The molecule has 3 rings (SSSR count). The Kier molecular flexibility index (Phi) is 6.87. The first-order valence-electron chi connectivity index (χ1n) is 10.3. The largest absolute Gasteiger partial charge is 0.455 e. The van der Waals surface area contributed by atoms with Gasteiger partial charge in [0.2, 0.25) is 5.91 Å². The summed E-state index contributed by atoms with van der Waals surface area (Å²) in [6.45, 7) is 5.48. The Balaban J connectivity index is 1.77. The van der Waals surface area contributed by atoms with Crippen LogP contribution >= 0.6 is 0 Å². The van der Waals surface area contributed by atoms with E-state index in [0.29, 0.717) is 11.4 Å². The summed E-state index contributed by atoms with van der Waals surface area (Å²) < 4.78 is 5.49. The van der Waals surface area contributed by atoms with Crippen LogP contribution in [0.3, 0.4) is 0 Å². The second kappa shape index (κ2) is 9.57. The second-order valence-corrected chi connectivity index (χ2v) is 7.76. The monoisotopic (exact) mass is 408 g/mol. The lowest BCUT2D eigenvalue weighted by Gasteiger charge is -2.28. The average Bonchev–Trinajstić information content (AvgIpc) is 2.87. The molecule has 1 aliphatic heterocycles. The number of para-hydroxylation sites is 2. The molecular weight excluding hydrogens is 380 g/mol. The van der Waals surface area contributed by atoms with E-state index in [-0.39, 0.29) is 36.8 Å². The lowest BCUT2D eigenvalue weighted by Crippen LogP contribution is -2.42. The van der Waals surface area contributed by atoms with Crippen molar-refractivity contribution < 1.29 is 19.1 Å². The second-order valence-electron chi connectivity index (χ2n) is 7.76. The van der Waals surface area contributed by atoms with E-state index in [4.69, 9.17) is 4.74 Å². The average molecular weight is 408 g/mol. The molecule has 1 aliphatic rings. The Hall–Kier alpha value is -3.15. The SMILES string of the molecule is CC[C@@H](C)[C@@H](C(=O)OCC(=O)N1c2ccccc2NC(=O)C[C@@H]1C)c1ccccc1. The van der Waals surface area contributed by atoms with Gasteiger partial charge in [-0.15, -0.1) is 0 Å². The third kappa shape index (κ3) is 4.70. The van der Waals surface area contributed by atoms with Gasteiger partial charge in [0.15, 0.2) is 6.61 Å². The molecular formula is C24H28N2O4. The number of fused-ring (bicyclic) bond motifs is 1. The molecule has 2 aromatic rings. The van der Waals surface area contributed by atoms with Gasteiger partial charge in [-0.25, -0.2) is 0 Å². The van der Waals surface area contributed by atoms with Gasteiger partial charge in [0.25, 0.3) is 5.91 Å². The van der Waals surface area contributed by atoms with Crippen LogP contribution < -0.4 is 10.2 Å². The Morgan fingerprint density at radius 3 is 2.50 bits per heavy atom. The lowest BCUT2D eigenvalue weighted by molar-refractivity contribution is -0.150. The van der Waals surface area contributed by atoms with E-state index in [1.165, 1.54) is 0 Å². The van der Waals surface area contributed by atoms with Crippen LogP contribution in [0.4, 0.5) is 11.4 Å². The summed E-state index contributed by atoms with van der Waals surface area (Å²) in [6.07, 6.45) is 0.987. The molecule has 0 aliphatic carbocycles. The van der Waals surface area contributed by atoms with Crippen molar-refractivity contribution in [3.05, 3.63) is 60.2 Å². The predicted molar refractivity (Wildman–Crippen MR) is 116 cm³/mol. The van der Waals surface area contributed by atoms with Gasteiger partial charge in [-0.2, -0.15) is 0 Å². The number of nitrogens with one attached hydrogen (secondary N) is 1. The van der Waals surface area contributed by atoms with Crippen molar-refractivity contribution in [2.75, 3.05) is 16.8 Å². The van der Waals surface area contributed by atoms with Crippen molar-refractivity contribution in [3.63, 3.8) is 0 Å². The van der Waals surface area contributed by atoms with Crippen molar-refractivity contribution >= 4 is 29.2 Å². The molecule has 6 nitrogen and oxygen atoms in total. The van der Waals surface area contributed by atoms with E-state index in [2.05, 4.69) is 5.32 Å². The minimum Gasteiger partial charge on any atom is -0.455 e. The Morgan fingerprint density at radius 2 is 1.80 bits per heavy atom. The van der Waals surface area contributed by atoms with Crippen molar-refractivity contribution in [1.82, 2.24) is 0 Å². The van der Waals surface area contributed by atoms with Crippen LogP contribution in [-0.4, -0.2) is 30.4 Å². The molecule has 30 heavy (non-hydrogen) atoms.